The molecule has 0 aliphatic heterocycles. The van der Waals surface area contributed by atoms with Gasteiger partial charge in [-0.15, -0.1) is 5.10 Å². The zero-order valence-electron chi connectivity index (χ0n) is 16.5. The summed E-state index contributed by atoms with van der Waals surface area (Å²) in [5.74, 6) is 0.285. The lowest BCUT2D eigenvalue weighted by Gasteiger charge is -2.23. The molecule has 2 heterocycles. The Bertz CT molecular complexity index is 857. The van der Waals surface area contributed by atoms with Gasteiger partial charge in [0, 0.05) is 5.56 Å². The second-order valence-electron chi connectivity index (χ2n) is 7.22. The molecule has 0 bridgehead atoms. The van der Waals surface area contributed by atoms with Crippen molar-refractivity contribution in [2.24, 2.45) is 5.92 Å². The highest BCUT2D eigenvalue weighted by Crippen LogP contribution is 2.30. The number of hydrogen-bond acceptors (Lipinski definition) is 4. The van der Waals surface area contributed by atoms with Crippen LogP contribution in [-0.2, 0) is 0 Å². The minimum atomic E-state index is -0.260. The molecule has 0 spiro atoms. The monoisotopic (exact) mass is 389 g/mol. The number of hydrogen-bond donors (Lipinski definition) is 0. The van der Waals surface area contributed by atoms with Gasteiger partial charge in [-0.3, -0.25) is 0 Å². The van der Waals surface area contributed by atoms with Crippen molar-refractivity contribution >= 4 is 16.3 Å². The third kappa shape index (κ3) is 4.67. The Morgan fingerprint density at radius 3 is 2.70 bits per heavy atom. The number of ether oxygens (including phenoxy) is 1. The summed E-state index contributed by atoms with van der Waals surface area (Å²) in [7, 11) is 0. The number of nitrogens with zero attached hydrogens (tertiary/aromatic N) is 3. The van der Waals surface area contributed by atoms with Gasteiger partial charge in [0.25, 0.3) is 5.19 Å². The molecule has 0 aliphatic carbocycles. The Labute approximate surface area is 164 Å². The summed E-state index contributed by atoms with van der Waals surface area (Å²) in [6.45, 7) is 8.44. The number of aromatic nitrogens is 3. The average Bonchev–Trinajstić information content (AvgIpc) is 3.16. The summed E-state index contributed by atoms with van der Waals surface area (Å²) in [6.07, 6.45) is 7.83. The van der Waals surface area contributed by atoms with Crippen molar-refractivity contribution in [3.8, 4) is 16.5 Å². The number of aryl methyl sites for hydroxylation is 1. The molecule has 0 saturated heterocycles. The minimum absolute atomic E-state index is 0.126. The maximum Gasteiger partial charge on any atom is 0.294 e. The summed E-state index contributed by atoms with van der Waals surface area (Å²) < 4.78 is 22.0. The summed E-state index contributed by atoms with van der Waals surface area (Å²) in [5, 5.41) is 5.12. The highest BCUT2D eigenvalue weighted by atomic mass is 32.1. The standard InChI is InChI=1S/C21H28FN3OS/c1-5-7-9-16(8-6-2)15(4)26-21-24-25-13-19(23-20(25)27-21)17-11-10-14(3)12-18(17)22/h10-13,15-16H,5-9H2,1-4H3. The van der Waals surface area contributed by atoms with E-state index < -0.39 is 0 Å². The van der Waals surface area contributed by atoms with Crippen molar-refractivity contribution < 1.29 is 9.13 Å². The number of rotatable bonds is 9. The van der Waals surface area contributed by atoms with E-state index in [1.54, 1.807) is 16.8 Å². The molecule has 0 amide bonds. The molecule has 2 aromatic heterocycles. The number of unbranched alkanes of at least 4 members (excludes halogenated alkanes) is 1. The van der Waals surface area contributed by atoms with E-state index in [0.29, 0.717) is 27.3 Å². The van der Waals surface area contributed by atoms with E-state index in [1.165, 1.54) is 43.1 Å². The fraction of sp³-hybridized carbons (Fsp3) is 0.524. The summed E-state index contributed by atoms with van der Waals surface area (Å²) in [6, 6.07) is 5.18. The van der Waals surface area contributed by atoms with Gasteiger partial charge < -0.3 is 4.74 Å². The van der Waals surface area contributed by atoms with Crippen LogP contribution in [0, 0.1) is 18.7 Å². The third-order valence-corrected chi connectivity index (χ3v) is 5.78. The Morgan fingerprint density at radius 1 is 1.22 bits per heavy atom. The van der Waals surface area contributed by atoms with E-state index in [4.69, 9.17) is 4.74 Å². The first-order valence-electron chi connectivity index (χ1n) is 9.81. The molecule has 146 valence electrons. The van der Waals surface area contributed by atoms with Crippen LogP contribution in [0.25, 0.3) is 16.2 Å². The van der Waals surface area contributed by atoms with Gasteiger partial charge in [0.15, 0.2) is 0 Å². The fourth-order valence-electron chi connectivity index (χ4n) is 3.39. The molecule has 27 heavy (non-hydrogen) atoms. The van der Waals surface area contributed by atoms with Crippen molar-refractivity contribution in [3.63, 3.8) is 0 Å². The van der Waals surface area contributed by atoms with E-state index in [-0.39, 0.29) is 11.9 Å². The van der Waals surface area contributed by atoms with Crippen LogP contribution in [0.3, 0.4) is 0 Å². The van der Waals surface area contributed by atoms with E-state index in [0.717, 1.165) is 12.0 Å². The summed E-state index contributed by atoms with van der Waals surface area (Å²) >= 11 is 1.41. The molecule has 0 aliphatic rings. The summed E-state index contributed by atoms with van der Waals surface area (Å²) in [4.78, 5) is 5.25. The molecule has 2 unspecified atom stereocenters. The molecule has 1 aromatic carbocycles. The van der Waals surface area contributed by atoms with Gasteiger partial charge in [-0.25, -0.2) is 13.9 Å². The first-order valence-corrected chi connectivity index (χ1v) is 10.6. The molecule has 0 radical (unpaired) electrons. The quantitative estimate of drug-likeness (QED) is 0.432. The zero-order chi connectivity index (χ0) is 19.4. The highest BCUT2D eigenvalue weighted by Gasteiger charge is 2.20. The van der Waals surface area contributed by atoms with E-state index in [1.807, 2.05) is 13.0 Å². The normalized spacial score (nSPS) is 13.8. The number of imidazole rings is 1. The molecular weight excluding hydrogens is 361 g/mol. The largest absolute Gasteiger partial charge is 0.466 e. The first kappa shape index (κ1) is 19.8. The van der Waals surface area contributed by atoms with E-state index >= 15 is 0 Å². The maximum atomic E-state index is 14.2. The predicted octanol–water partition coefficient (Wildman–Crippen LogP) is 6.28. The molecule has 6 heteroatoms. The fourth-order valence-corrected chi connectivity index (χ4v) is 4.21. The lowest BCUT2D eigenvalue weighted by molar-refractivity contribution is 0.134. The number of benzene rings is 1. The minimum Gasteiger partial charge on any atom is -0.466 e. The Hall–Kier alpha value is -1.95. The zero-order valence-corrected chi connectivity index (χ0v) is 17.4. The van der Waals surface area contributed by atoms with Crippen molar-refractivity contribution in [1.82, 2.24) is 14.6 Å². The van der Waals surface area contributed by atoms with E-state index in [2.05, 4.69) is 30.9 Å². The van der Waals surface area contributed by atoms with Crippen LogP contribution in [0.2, 0.25) is 0 Å². The lowest BCUT2D eigenvalue weighted by Crippen LogP contribution is -2.23. The maximum absolute atomic E-state index is 14.2. The van der Waals surface area contributed by atoms with Crippen LogP contribution in [0.5, 0.6) is 5.19 Å². The van der Waals surface area contributed by atoms with E-state index in [9.17, 15) is 4.39 Å². The average molecular weight is 390 g/mol. The first-order chi connectivity index (χ1) is 13.0. The van der Waals surface area contributed by atoms with Crippen LogP contribution >= 0.6 is 11.3 Å². The smallest absolute Gasteiger partial charge is 0.294 e. The lowest BCUT2D eigenvalue weighted by atomic mass is 9.92. The SMILES string of the molecule is CCCCC(CCC)C(C)Oc1nn2cc(-c3ccc(C)cc3F)nc2s1. The van der Waals surface area contributed by atoms with Gasteiger partial charge in [-0.1, -0.05) is 39.2 Å². The molecular formula is C21H28FN3OS. The molecule has 3 rings (SSSR count). The Balaban J connectivity index is 1.74. The van der Waals surface area contributed by atoms with Gasteiger partial charge in [0.05, 0.1) is 11.9 Å². The van der Waals surface area contributed by atoms with Gasteiger partial charge in [-0.05, 0) is 61.6 Å². The van der Waals surface area contributed by atoms with Crippen LogP contribution < -0.4 is 4.74 Å². The van der Waals surface area contributed by atoms with Gasteiger partial charge in [-0.2, -0.15) is 0 Å². The van der Waals surface area contributed by atoms with Gasteiger partial charge in [0.2, 0.25) is 4.96 Å². The third-order valence-electron chi connectivity index (χ3n) is 4.96. The van der Waals surface area contributed by atoms with Gasteiger partial charge in [0.1, 0.15) is 11.9 Å². The molecule has 2 atom stereocenters. The predicted molar refractivity (Wildman–Crippen MR) is 109 cm³/mol. The Morgan fingerprint density at radius 2 is 2.04 bits per heavy atom. The van der Waals surface area contributed by atoms with Gasteiger partial charge >= 0.3 is 0 Å². The van der Waals surface area contributed by atoms with Crippen LogP contribution in [0.4, 0.5) is 4.39 Å². The molecule has 0 N–H and O–H groups in total. The number of halogens is 1. The van der Waals surface area contributed by atoms with Crippen molar-refractivity contribution in [2.45, 2.75) is 65.9 Å². The van der Waals surface area contributed by atoms with Crippen molar-refractivity contribution in [3.05, 3.63) is 35.8 Å². The van der Waals surface area contributed by atoms with Crippen molar-refractivity contribution in [2.75, 3.05) is 0 Å². The van der Waals surface area contributed by atoms with Crippen molar-refractivity contribution in [1.29, 1.82) is 0 Å². The molecule has 0 saturated carbocycles. The molecule has 4 nitrogen and oxygen atoms in total. The van der Waals surface area contributed by atoms with Crippen LogP contribution in [0.15, 0.2) is 24.4 Å². The molecule has 3 aromatic rings. The Kier molecular flexibility index (Phi) is 6.47. The van der Waals surface area contributed by atoms with Crippen LogP contribution in [0.1, 0.15) is 58.4 Å². The number of fused-ring (bicyclic) bond motifs is 1. The second-order valence-corrected chi connectivity index (χ2v) is 8.14. The van der Waals surface area contributed by atoms with Crippen LogP contribution in [-0.4, -0.2) is 20.7 Å². The highest BCUT2D eigenvalue weighted by molar-refractivity contribution is 7.18. The molecule has 0 fully saturated rings. The summed E-state index contributed by atoms with van der Waals surface area (Å²) in [5.41, 5.74) is 1.99. The topological polar surface area (TPSA) is 39.4 Å². The second kappa shape index (κ2) is 8.83.